The molecule has 0 saturated carbocycles. The van der Waals surface area contributed by atoms with Gasteiger partial charge in [-0.3, -0.25) is 4.79 Å². The fourth-order valence-electron chi connectivity index (χ4n) is 1.61. The van der Waals surface area contributed by atoms with Crippen LogP contribution in [0.5, 0.6) is 5.75 Å². The Morgan fingerprint density at radius 1 is 1.26 bits per heavy atom. The van der Waals surface area contributed by atoms with Gasteiger partial charge in [-0.1, -0.05) is 17.7 Å². The van der Waals surface area contributed by atoms with Crippen LogP contribution in [0.25, 0.3) is 0 Å². The third kappa shape index (κ3) is 3.03. The second-order valence-corrected chi connectivity index (χ2v) is 4.51. The van der Waals surface area contributed by atoms with E-state index in [2.05, 4.69) is 5.32 Å². The summed E-state index contributed by atoms with van der Waals surface area (Å²) in [6.07, 6.45) is 0. The Kier molecular flexibility index (Phi) is 3.71. The maximum absolute atomic E-state index is 12.9. The number of phenols is 1. The van der Waals surface area contributed by atoms with E-state index < -0.39 is 11.7 Å². The minimum atomic E-state index is -0.508. The van der Waals surface area contributed by atoms with Crippen molar-refractivity contribution in [2.24, 2.45) is 0 Å². The van der Waals surface area contributed by atoms with Gasteiger partial charge in [-0.05, 0) is 42.8 Å². The minimum absolute atomic E-state index is 0.0972. The van der Waals surface area contributed by atoms with E-state index in [1.807, 2.05) is 0 Å². The molecule has 2 aromatic rings. The maximum atomic E-state index is 12.9. The predicted molar refractivity (Wildman–Crippen MR) is 72.2 cm³/mol. The second-order valence-electron chi connectivity index (χ2n) is 4.10. The van der Waals surface area contributed by atoms with Crippen molar-refractivity contribution < 1.29 is 14.3 Å². The summed E-state index contributed by atoms with van der Waals surface area (Å²) in [6.45, 7) is 1.80. The standard InChI is InChI=1S/C14H11ClFNO2/c1-8-2-4-10(13(18)6-8)14(19)17-12-5-3-9(16)7-11(12)15/h2-7,18H,1H3,(H,17,19). The fourth-order valence-corrected chi connectivity index (χ4v) is 1.83. The first-order chi connectivity index (χ1) is 8.97. The molecular formula is C14H11ClFNO2. The molecule has 2 aromatic carbocycles. The van der Waals surface area contributed by atoms with E-state index in [1.54, 1.807) is 13.0 Å². The molecule has 0 radical (unpaired) electrons. The first kappa shape index (κ1) is 13.4. The zero-order chi connectivity index (χ0) is 14.0. The number of phenolic OH excluding ortho intramolecular Hbond substituents is 1. The van der Waals surface area contributed by atoms with Gasteiger partial charge in [-0.15, -0.1) is 0 Å². The molecule has 0 aliphatic rings. The lowest BCUT2D eigenvalue weighted by Gasteiger charge is -2.09. The van der Waals surface area contributed by atoms with E-state index >= 15 is 0 Å². The normalized spacial score (nSPS) is 10.3. The quantitative estimate of drug-likeness (QED) is 0.880. The highest BCUT2D eigenvalue weighted by atomic mass is 35.5. The molecule has 0 bridgehead atoms. The zero-order valence-electron chi connectivity index (χ0n) is 10.1. The van der Waals surface area contributed by atoms with Crippen molar-refractivity contribution >= 4 is 23.2 Å². The summed E-state index contributed by atoms with van der Waals surface area (Å²) in [6, 6.07) is 8.36. The number of carbonyl (C=O) groups excluding carboxylic acids is 1. The van der Waals surface area contributed by atoms with Gasteiger partial charge in [0.05, 0.1) is 16.3 Å². The van der Waals surface area contributed by atoms with Crippen LogP contribution in [0.1, 0.15) is 15.9 Å². The molecule has 0 aliphatic carbocycles. The van der Waals surface area contributed by atoms with Gasteiger partial charge >= 0.3 is 0 Å². The van der Waals surface area contributed by atoms with Crippen molar-refractivity contribution in [3.63, 3.8) is 0 Å². The van der Waals surface area contributed by atoms with Crippen molar-refractivity contribution in [2.45, 2.75) is 6.92 Å². The van der Waals surface area contributed by atoms with Crippen molar-refractivity contribution in [2.75, 3.05) is 5.32 Å². The van der Waals surface area contributed by atoms with E-state index in [4.69, 9.17) is 11.6 Å². The summed E-state index contributed by atoms with van der Waals surface area (Å²) in [4.78, 5) is 12.0. The monoisotopic (exact) mass is 279 g/mol. The molecule has 0 saturated heterocycles. The molecule has 3 nitrogen and oxygen atoms in total. The molecule has 0 fully saturated rings. The van der Waals surface area contributed by atoms with Crippen molar-refractivity contribution in [3.8, 4) is 5.75 Å². The molecular weight excluding hydrogens is 269 g/mol. The molecule has 98 valence electrons. The van der Waals surface area contributed by atoms with E-state index in [-0.39, 0.29) is 22.0 Å². The van der Waals surface area contributed by atoms with Crippen LogP contribution in [0.3, 0.4) is 0 Å². The lowest BCUT2D eigenvalue weighted by molar-refractivity contribution is 0.102. The highest BCUT2D eigenvalue weighted by Gasteiger charge is 2.13. The van der Waals surface area contributed by atoms with Crippen LogP contribution in [0, 0.1) is 12.7 Å². The number of carbonyl (C=O) groups is 1. The summed E-state index contributed by atoms with van der Waals surface area (Å²) in [5.41, 5.74) is 1.26. The SMILES string of the molecule is Cc1ccc(C(=O)Nc2ccc(F)cc2Cl)c(O)c1. The van der Waals surface area contributed by atoms with Gasteiger partial charge in [-0.25, -0.2) is 4.39 Å². The fraction of sp³-hybridized carbons (Fsp3) is 0.0714. The molecule has 0 heterocycles. The third-order valence-electron chi connectivity index (χ3n) is 2.58. The molecule has 0 aromatic heterocycles. The average molecular weight is 280 g/mol. The Morgan fingerprint density at radius 2 is 2.00 bits per heavy atom. The van der Waals surface area contributed by atoms with Crippen LogP contribution < -0.4 is 5.32 Å². The second kappa shape index (κ2) is 5.28. The Balaban J connectivity index is 2.25. The van der Waals surface area contributed by atoms with Crippen molar-refractivity contribution in [1.29, 1.82) is 0 Å². The van der Waals surface area contributed by atoms with E-state index in [9.17, 15) is 14.3 Å². The van der Waals surface area contributed by atoms with Gasteiger partial charge in [0, 0.05) is 0 Å². The van der Waals surface area contributed by atoms with E-state index in [1.165, 1.54) is 24.3 Å². The summed E-state index contributed by atoms with van der Waals surface area (Å²) in [5, 5.41) is 12.3. The number of anilines is 1. The maximum Gasteiger partial charge on any atom is 0.259 e. The topological polar surface area (TPSA) is 49.3 Å². The van der Waals surface area contributed by atoms with Gasteiger partial charge in [0.25, 0.3) is 5.91 Å². The Hall–Kier alpha value is -2.07. The van der Waals surface area contributed by atoms with Crippen molar-refractivity contribution in [3.05, 3.63) is 58.4 Å². The Morgan fingerprint density at radius 3 is 2.63 bits per heavy atom. The number of benzene rings is 2. The number of amides is 1. The van der Waals surface area contributed by atoms with Crippen LogP contribution in [0.2, 0.25) is 5.02 Å². The van der Waals surface area contributed by atoms with Gasteiger partial charge in [0.2, 0.25) is 0 Å². The van der Waals surface area contributed by atoms with Crippen LogP contribution in [-0.4, -0.2) is 11.0 Å². The first-order valence-electron chi connectivity index (χ1n) is 5.53. The predicted octanol–water partition coefficient (Wildman–Crippen LogP) is 3.75. The molecule has 0 atom stereocenters. The summed E-state index contributed by atoms with van der Waals surface area (Å²) in [7, 11) is 0. The van der Waals surface area contributed by atoms with Crippen LogP contribution >= 0.6 is 11.6 Å². The molecule has 0 spiro atoms. The zero-order valence-corrected chi connectivity index (χ0v) is 10.8. The van der Waals surface area contributed by atoms with Gasteiger partial charge < -0.3 is 10.4 Å². The highest BCUT2D eigenvalue weighted by molar-refractivity contribution is 6.34. The number of hydrogen-bond donors (Lipinski definition) is 2. The summed E-state index contributed by atoms with van der Waals surface area (Å²) < 4.78 is 12.9. The Bertz CT molecular complexity index is 643. The van der Waals surface area contributed by atoms with E-state index in [0.29, 0.717) is 0 Å². The molecule has 2 rings (SSSR count). The number of aryl methyl sites for hydroxylation is 1. The highest BCUT2D eigenvalue weighted by Crippen LogP contribution is 2.25. The lowest BCUT2D eigenvalue weighted by Crippen LogP contribution is -2.12. The van der Waals surface area contributed by atoms with Crippen LogP contribution in [0.4, 0.5) is 10.1 Å². The number of aromatic hydroxyl groups is 1. The molecule has 0 aliphatic heterocycles. The van der Waals surface area contributed by atoms with Crippen molar-refractivity contribution in [1.82, 2.24) is 0 Å². The summed E-state index contributed by atoms with van der Waals surface area (Å²) in [5.74, 6) is -1.11. The molecule has 19 heavy (non-hydrogen) atoms. The third-order valence-corrected chi connectivity index (χ3v) is 2.89. The smallest absolute Gasteiger partial charge is 0.259 e. The molecule has 0 unspecified atom stereocenters. The number of nitrogens with one attached hydrogen (secondary N) is 1. The number of hydrogen-bond acceptors (Lipinski definition) is 2. The number of halogens is 2. The molecule has 2 N–H and O–H groups in total. The largest absolute Gasteiger partial charge is 0.507 e. The molecule has 1 amide bonds. The first-order valence-corrected chi connectivity index (χ1v) is 5.91. The van der Waals surface area contributed by atoms with Crippen LogP contribution in [-0.2, 0) is 0 Å². The van der Waals surface area contributed by atoms with E-state index in [0.717, 1.165) is 11.6 Å². The lowest BCUT2D eigenvalue weighted by atomic mass is 10.1. The Labute approximate surface area is 114 Å². The van der Waals surface area contributed by atoms with Gasteiger partial charge in [0.15, 0.2) is 0 Å². The van der Waals surface area contributed by atoms with Gasteiger partial charge in [0.1, 0.15) is 11.6 Å². The minimum Gasteiger partial charge on any atom is -0.507 e. The van der Waals surface area contributed by atoms with Crippen LogP contribution in [0.15, 0.2) is 36.4 Å². The number of rotatable bonds is 2. The average Bonchev–Trinajstić information content (AvgIpc) is 2.32. The summed E-state index contributed by atoms with van der Waals surface area (Å²) >= 11 is 5.81. The molecule has 5 heteroatoms. The van der Waals surface area contributed by atoms with Gasteiger partial charge in [-0.2, -0.15) is 0 Å².